The number of carbonyl (C=O) groups is 1. The molecule has 7 heteroatoms. The van der Waals surface area contributed by atoms with Gasteiger partial charge >= 0.3 is 0 Å². The van der Waals surface area contributed by atoms with Crippen molar-refractivity contribution in [2.75, 3.05) is 26.7 Å². The van der Waals surface area contributed by atoms with E-state index in [4.69, 9.17) is 13.9 Å². The first-order valence-electron chi connectivity index (χ1n) is 10.8. The van der Waals surface area contributed by atoms with Crippen molar-refractivity contribution in [1.82, 2.24) is 19.9 Å². The molecule has 2 aliphatic heterocycles. The van der Waals surface area contributed by atoms with Crippen LogP contribution >= 0.6 is 0 Å². The summed E-state index contributed by atoms with van der Waals surface area (Å²) in [6.45, 7) is 6.37. The highest BCUT2D eigenvalue weighted by Crippen LogP contribution is 2.48. The van der Waals surface area contributed by atoms with Crippen LogP contribution in [0.15, 0.2) is 15.0 Å². The maximum atomic E-state index is 12.9. The van der Waals surface area contributed by atoms with Crippen molar-refractivity contribution in [2.45, 2.75) is 64.3 Å². The maximum absolute atomic E-state index is 12.9. The molecule has 29 heavy (non-hydrogen) atoms. The highest BCUT2D eigenvalue weighted by molar-refractivity contribution is 5.95. The first-order chi connectivity index (χ1) is 13.9. The molecule has 0 radical (unpaired) electrons. The van der Waals surface area contributed by atoms with Crippen LogP contribution in [-0.4, -0.2) is 52.5 Å². The SMILES string of the molecule is Cc1cc(C(=O)N2CCC3(CC2)CC(c2noc(C4CCC4)n2)N(C)C3)c(C)o1. The van der Waals surface area contributed by atoms with Crippen molar-refractivity contribution in [3.8, 4) is 0 Å². The van der Waals surface area contributed by atoms with Crippen molar-refractivity contribution in [3.05, 3.63) is 34.9 Å². The lowest BCUT2D eigenvalue weighted by atomic mass is 9.76. The molecule has 1 aliphatic carbocycles. The highest BCUT2D eigenvalue weighted by Gasteiger charge is 2.47. The van der Waals surface area contributed by atoms with Crippen LogP contribution in [0.25, 0.3) is 0 Å². The van der Waals surface area contributed by atoms with Gasteiger partial charge in [-0.2, -0.15) is 4.98 Å². The van der Waals surface area contributed by atoms with Gasteiger partial charge in [-0.1, -0.05) is 11.6 Å². The summed E-state index contributed by atoms with van der Waals surface area (Å²) < 4.78 is 11.1. The Morgan fingerprint density at radius 1 is 1.24 bits per heavy atom. The molecule has 7 nitrogen and oxygen atoms in total. The Hall–Kier alpha value is -2.15. The minimum absolute atomic E-state index is 0.0976. The smallest absolute Gasteiger partial charge is 0.257 e. The normalized spacial score (nSPS) is 24.9. The molecule has 0 bridgehead atoms. The van der Waals surface area contributed by atoms with Crippen LogP contribution in [-0.2, 0) is 0 Å². The second-order valence-corrected chi connectivity index (χ2v) is 9.37. The number of aromatic nitrogens is 2. The molecule has 1 amide bonds. The summed E-state index contributed by atoms with van der Waals surface area (Å²) in [4.78, 5) is 22.0. The van der Waals surface area contributed by atoms with Gasteiger partial charge in [0.05, 0.1) is 11.6 Å². The Kier molecular flexibility index (Phi) is 4.53. The molecule has 2 aromatic heterocycles. The van der Waals surface area contributed by atoms with Crippen LogP contribution in [0.2, 0.25) is 0 Å². The third kappa shape index (κ3) is 3.29. The fourth-order valence-corrected chi connectivity index (χ4v) is 5.32. The molecule has 1 spiro atoms. The monoisotopic (exact) mass is 398 g/mol. The molecule has 3 fully saturated rings. The molecule has 5 rings (SSSR count). The Morgan fingerprint density at radius 2 is 2.00 bits per heavy atom. The average molecular weight is 399 g/mol. The number of furan rings is 1. The van der Waals surface area contributed by atoms with Crippen LogP contribution in [0, 0.1) is 19.3 Å². The van der Waals surface area contributed by atoms with Gasteiger partial charge in [-0.15, -0.1) is 0 Å². The van der Waals surface area contributed by atoms with E-state index >= 15 is 0 Å². The highest BCUT2D eigenvalue weighted by atomic mass is 16.5. The van der Waals surface area contributed by atoms with Crippen LogP contribution in [0.1, 0.15) is 84.1 Å². The lowest BCUT2D eigenvalue weighted by Crippen LogP contribution is -2.44. The standard InChI is InChI=1S/C22H30N4O3/c1-14-11-17(15(2)28-14)21(27)26-9-7-22(8-10-26)12-18(25(3)13-22)19-23-20(29-24-19)16-5-4-6-16/h11,16,18H,4-10,12-13H2,1-3H3. The Labute approximate surface area is 171 Å². The fourth-order valence-electron chi connectivity index (χ4n) is 5.32. The minimum Gasteiger partial charge on any atom is -0.466 e. The van der Waals surface area contributed by atoms with Crippen molar-refractivity contribution >= 4 is 5.91 Å². The molecular formula is C22H30N4O3. The van der Waals surface area contributed by atoms with E-state index in [-0.39, 0.29) is 17.4 Å². The van der Waals surface area contributed by atoms with Crippen molar-refractivity contribution in [1.29, 1.82) is 0 Å². The number of aryl methyl sites for hydroxylation is 2. The first-order valence-corrected chi connectivity index (χ1v) is 10.8. The molecule has 2 saturated heterocycles. The van der Waals surface area contributed by atoms with E-state index in [0.29, 0.717) is 17.2 Å². The molecule has 3 aliphatic rings. The summed E-state index contributed by atoms with van der Waals surface area (Å²) in [5.41, 5.74) is 0.935. The summed E-state index contributed by atoms with van der Waals surface area (Å²) in [5, 5.41) is 4.32. The number of carbonyl (C=O) groups excluding carboxylic acids is 1. The Balaban J connectivity index is 1.24. The molecular weight excluding hydrogens is 368 g/mol. The predicted octanol–water partition coefficient (Wildman–Crippen LogP) is 3.85. The topological polar surface area (TPSA) is 75.6 Å². The quantitative estimate of drug-likeness (QED) is 0.782. The predicted molar refractivity (Wildman–Crippen MR) is 107 cm³/mol. The number of nitrogens with zero attached hydrogens (tertiary/aromatic N) is 4. The second kappa shape index (κ2) is 6.97. The van der Waals surface area contributed by atoms with E-state index in [9.17, 15) is 4.79 Å². The third-order valence-corrected chi connectivity index (χ3v) is 7.34. The summed E-state index contributed by atoms with van der Waals surface area (Å²) in [6, 6.07) is 2.07. The largest absolute Gasteiger partial charge is 0.466 e. The van der Waals surface area contributed by atoms with Crippen molar-refractivity contribution in [3.63, 3.8) is 0 Å². The number of hydrogen-bond donors (Lipinski definition) is 0. The zero-order valence-corrected chi connectivity index (χ0v) is 17.6. The lowest BCUT2D eigenvalue weighted by Gasteiger charge is -2.39. The molecule has 1 unspecified atom stereocenters. The van der Waals surface area contributed by atoms with Gasteiger partial charge in [0.25, 0.3) is 5.91 Å². The molecule has 1 atom stereocenters. The van der Waals surface area contributed by atoms with E-state index in [0.717, 1.165) is 56.4 Å². The number of amides is 1. The first kappa shape index (κ1) is 18.9. The van der Waals surface area contributed by atoms with Gasteiger partial charge in [0, 0.05) is 25.6 Å². The van der Waals surface area contributed by atoms with Crippen LogP contribution in [0.5, 0.6) is 0 Å². The molecule has 4 heterocycles. The average Bonchev–Trinajstić information content (AvgIpc) is 3.32. The van der Waals surface area contributed by atoms with Gasteiger partial charge in [-0.25, -0.2) is 0 Å². The second-order valence-electron chi connectivity index (χ2n) is 9.37. The Bertz CT molecular complexity index is 905. The Morgan fingerprint density at radius 3 is 2.62 bits per heavy atom. The van der Waals surface area contributed by atoms with Gasteiger partial charge < -0.3 is 13.8 Å². The molecule has 0 aromatic carbocycles. The summed E-state index contributed by atoms with van der Waals surface area (Å²) in [5.74, 6) is 3.75. The van der Waals surface area contributed by atoms with E-state index in [1.54, 1.807) is 0 Å². The lowest BCUT2D eigenvalue weighted by molar-refractivity contribution is 0.0591. The van der Waals surface area contributed by atoms with E-state index < -0.39 is 0 Å². The fraction of sp³-hybridized carbons (Fsp3) is 0.682. The summed E-state index contributed by atoms with van der Waals surface area (Å²) >= 11 is 0. The van der Waals surface area contributed by atoms with Gasteiger partial charge in [0.2, 0.25) is 5.89 Å². The summed E-state index contributed by atoms with van der Waals surface area (Å²) in [6.07, 6.45) is 6.68. The van der Waals surface area contributed by atoms with E-state index in [2.05, 4.69) is 17.1 Å². The number of piperidine rings is 1. The molecule has 0 N–H and O–H groups in total. The molecule has 2 aromatic rings. The van der Waals surface area contributed by atoms with E-state index in [1.807, 2.05) is 24.8 Å². The zero-order chi connectivity index (χ0) is 20.2. The van der Waals surface area contributed by atoms with Crippen LogP contribution in [0.4, 0.5) is 0 Å². The van der Waals surface area contributed by atoms with Gasteiger partial charge in [-0.05, 0) is 64.5 Å². The number of likely N-dealkylation sites (tertiary alicyclic amines) is 2. The molecule has 156 valence electrons. The van der Waals surface area contributed by atoms with Gasteiger partial charge in [0.1, 0.15) is 11.5 Å². The third-order valence-electron chi connectivity index (χ3n) is 7.34. The van der Waals surface area contributed by atoms with Gasteiger partial charge in [0.15, 0.2) is 5.82 Å². The zero-order valence-electron chi connectivity index (χ0n) is 17.6. The number of hydrogen-bond acceptors (Lipinski definition) is 6. The number of rotatable bonds is 3. The van der Waals surface area contributed by atoms with Gasteiger partial charge in [-0.3, -0.25) is 9.69 Å². The molecule has 1 saturated carbocycles. The van der Waals surface area contributed by atoms with E-state index in [1.165, 1.54) is 19.3 Å². The summed E-state index contributed by atoms with van der Waals surface area (Å²) in [7, 11) is 2.16. The minimum atomic E-state index is 0.0976. The van der Waals surface area contributed by atoms with Crippen molar-refractivity contribution in [2.24, 2.45) is 5.41 Å². The van der Waals surface area contributed by atoms with Crippen LogP contribution < -0.4 is 0 Å². The maximum Gasteiger partial charge on any atom is 0.257 e. The van der Waals surface area contributed by atoms with Crippen molar-refractivity contribution < 1.29 is 13.7 Å². The van der Waals surface area contributed by atoms with Crippen LogP contribution in [0.3, 0.4) is 0 Å².